The molecule has 27 heavy (non-hydrogen) atoms. The van der Waals surface area contributed by atoms with Gasteiger partial charge in [-0.05, 0) is 25.5 Å². The number of fused-ring (bicyclic) bond motifs is 1. The molecule has 2 aromatic heterocycles. The van der Waals surface area contributed by atoms with Crippen LogP contribution in [0.3, 0.4) is 0 Å². The highest BCUT2D eigenvalue weighted by molar-refractivity contribution is 6.04. The zero-order chi connectivity index (χ0) is 19.2. The molecule has 7 nitrogen and oxygen atoms in total. The molecule has 0 saturated carbocycles. The van der Waals surface area contributed by atoms with Crippen molar-refractivity contribution in [3.05, 3.63) is 70.7 Å². The van der Waals surface area contributed by atoms with Crippen LogP contribution in [0, 0.1) is 12.4 Å². The minimum atomic E-state index is -0.699. The second-order valence-corrected chi connectivity index (χ2v) is 6.80. The predicted octanol–water partition coefficient (Wildman–Crippen LogP) is 3.17. The molecule has 0 atom stereocenters. The molecule has 1 aliphatic rings. The van der Waals surface area contributed by atoms with Crippen LogP contribution in [0.15, 0.2) is 36.7 Å². The Morgan fingerprint density at radius 3 is 2.85 bits per heavy atom. The monoisotopic (exact) mass is 362 g/mol. The number of nitrogens with zero attached hydrogens (tertiary/aromatic N) is 5. The maximum absolute atomic E-state index is 13.9. The first-order chi connectivity index (χ1) is 12.9. The van der Waals surface area contributed by atoms with Crippen LogP contribution in [-0.4, -0.2) is 25.7 Å². The van der Waals surface area contributed by atoms with Crippen molar-refractivity contribution in [2.24, 2.45) is 0 Å². The summed E-state index contributed by atoms with van der Waals surface area (Å²) in [5.41, 5.74) is 1.20. The lowest BCUT2D eigenvalue weighted by molar-refractivity contribution is -0.119. The third kappa shape index (κ3) is 2.73. The van der Waals surface area contributed by atoms with Crippen molar-refractivity contribution in [2.75, 3.05) is 5.32 Å². The first-order valence-electron chi connectivity index (χ1n) is 8.29. The van der Waals surface area contributed by atoms with Gasteiger partial charge >= 0.3 is 0 Å². The molecule has 3 aromatic rings. The summed E-state index contributed by atoms with van der Waals surface area (Å²) < 4.78 is 15.3. The highest BCUT2D eigenvalue weighted by Crippen LogP contribution is 2.35. The molecule has 1 aliphatic heterocycles. The summed E-state index contributed by atoms with van der Waals surface area (Å²) in [4.78, 5) is 24.2. The summed E-state index contributed by atoms with van der Waals surface area (Å²) in [6.45, 7) is 11.0. The number of amides is 1. The largest absolute Gasteiger partial charge is 0.310 e. The Kier molecular flexibility index (Phi) is 3.73. The third-order valence-corrected chi connectivity index (χ3v) is 4.66. The quantitative estimate of drug-likeness (QED) is 0.726. The number of hydrogen-bond acceptors (Lipinski definition) is 4. The summed E-state index contributed by atoms with van der Waals surface area (Å²) in [6.07, 6.45) is 3.28. The molecule has 0 spiro atoms. The molecule has 0 aliphatic carbocycles. The van der Waals surface area contributed by atoms with Crippen molar-refractivity contribution < 1.29 is 9.18 Å². The summed E-state index contributed by atoms with van der Waals surface area (Å²) in [5, 5.41) is 7.11. The zero-order valence-corrected chi connectivity index (χ0v) is 14.7. The van der Waals surface area contributed by atoms with Crippen LogP contribution in [0.25, 0.3) is 10.8 Å². The highest BCUT2D eigenvalue weighted by Gasteiger charge is 2.40. The fourth-order valence-electron chi connectivity index (χ4n) is 2.97. The molecule has 134 valence electrons. The van der Waals surface area contributed by atoms with E-state index in [1.807, 2.05) is 0 Å². The number of carbonyl (C=O) groups is 1. The van der Waals surface area contributed by atoms with Crippen molar-refractivity contribution in [1.82, 2.24) is 19.7 Å². The Balaban J connectivity index is 1.72. The number of carbonyl (C=O) groups excluding carboxylic acids is 1. The van der Waals surface area contributed by atoms with E-state index in [2.05, 4.69) is 25.2 Å². The number of halogens is 1. The van der Waals surface area contributed by atoms with Crippen molar-refractivity contribution in [2.45, 2.75) is 25.7 Å². The van der Waals surface area contributed by atoms with Crippen LogP contribution in [0.4, 0.5) is 15.9 Å². The van der Waals surface area contributed by atoms with Gasteiger partial charge in [-0.1, -0.05) is 18.2 Å². The van der Waals surface area contributed by atoms with E-state index in [4.69, 9.17) is 6.57 Å². The Morgan fingerprint density at radius 1 is 1.33 bits per heavy atom. The molecular weight excluding hydrogens is 347 g/mol. The van der Waals surface area contributed by atoms with Gasteiger partial charge in [-0.25, -0.2) is 18.9 Å². The van der Waals surface area contributed by atoms with Crippen molar-refractivity contribution >= 4 is 17.4 Å². The lowest BCUT2D eigenvalue weighted by Crippen LogP contribution is -2.26. The molecule has 0 bridgehead atoms. The SMILES string of the molecule is [C-]#[N+]c1cn(-c2ncc3c(n2)NC(=O)C3(C)C)nc1Cc1ccccc1F. The van der Waals surface area contributed by atoms with Gasteiger partial charge in [0, 0.05) is 24.4 Å². The molecule has 8 heteroatoms. The number of benzene rings is 1. The number of hydrogen-bond donors (Lipinski definition) is 1. The number of aromatic nitrogens is 4. The van der Waals surface area contributed by atoms with Gasteiger partial charge in [0.1, 0.15) is 11.6 Å². The van der Waals surface area contributed by atoms with E-state index < -0.39 is 5.41 Å². The van der Waals surface area contributed by atoms with E-state index in [0.717, 1.165) is 0 Å². The second-order valence-electron chi connectivity index (χ2n) is 6.80. The van der Waals surface area contributed by atoms with E-state index in [1.165, 1.54) is 16.9 Å². The van der Waals surface area contributed by atoms with Gasteiger partial charge < -0.3 is 5.32 Å². The minimum Gasteiger partial charge on any atom is -0.310 e. The average Bonchev–Trinajstić information content (AvgIpc) is 3.15. The van der Waals surface area contributed by atoms with E-state index in [-0.39, 0.29) is 24.1 Å². The third-order valence-electron chi connectivity index (χ3n) is 4.66. The molecular formula is C19H15FN6O. The highest BCUT2D eigenvalue weighted by atomic mass is 19.1. The lowest BCUT2D eigenvalue weighted by atomic mass is 9.88. The molecule has 0 fully saturated rings. The lowest BCUT2D eigenvalue weighted by Gasteiger charge is -2.13. The Hall–Kier alpha value is -3.60. The smallest absolute Gasteiger partial charge is 0.251 e. The van der Waals surface area contributed by atoms with E-state index >= 15 is 0 Å². The van der Waals surface area contributed by atoms with Crippen molar-refractivity contribution in [3.63, 3.8) is 0 Å². The van der Waals surface area contributed by atoms with E-state index in [0.29, 0.717) is 28.3 Å². The summed E-state index contributed by atoms with van der Waals surface area (Å²) >= 11 is 0. The molecule has 0 unspecified atom stereocenters. The van der Waals surface area contributed by atoms with Gasteiger partial charge in [0.05, 0.1) is 17.7 Å². The summed E-state index contributed by atoms with van der Waals surface area (Å²) in [5.74, 6) is 0.176. The fourth-order valence-corrected chi connectivity index (χ4v) is 2.97. The van der Waals surface area contributed by atoms with Gasteiger partial charge in [0.2, 0.25) is 11.6 Å². The second kappa shape index (κ2) is 5.99. The zero-order valence-electron chi connectivity index (χ0n) is 14.7. The number of rotatable bonds is 3. The molecule has 1 N–H and O–H groups in total. The fraction of sp³-hybridized carbons (Fsp3) is 0.211. The Labute approximate surface area is 154 Å². The maximum Gasteiger partial charge on any atom is 0.251 e. The number of nitrogens with one attached hydrogen (secondary N) is 1. The first-order valence-corrected chi connectivity index (χ1v) is 8.29. The van der Waals surface area contributed by atoms with Crippen LogP contribution < -0.4 is 5.32 Å². The van der Waals surface area contributed by atoms with E-state index in [9.17, 15) is 9.18 Å². The minimum absolute atomic E-state index is 0.147. The average molecular weight is 362 g/mol. The molecule has 0 saturated heterocycles. The van der Waals surface area contributed by atoms with Crippen LogP contribution in [0.5, 0.6) is 0 Å². The topological polar surface area (TPSA) is 77.1 Å². The van der Waals surface area contributed by atoms with E-state index in [1.54, 1.807) is 38.2 Å². The molecule has 4 rings (SSSR count). The van der Waals surface area contributed by atoms with Gasteiger partial charge in [-0.2, -0.15) is 10.1 Å². The molecule has 0 radical (unpaired) electrons. The Morgan fingerprint density at radius 2 is 2.11 bits per heavy atom. The molecule has 1 aromatic carbocycles. The van der Waals surface area contributed by atoms with Crippen LogP contribution in [0.1, 0.15) is 30.7 Å². The van der Waals surface area contributed by atoms with Gasteiger partial charge in [0.15, 0.2) is 0 Å². The molecule has 1 amide bonds. The normalized spacial score (nSPS) is 14.5. The number of anilines is 1. The summed E-state index contributed by atoms with van der Waals surface area (Å²) in [6, 6.07) is 6.38. The van der Waals surface area contributed by atoms with Gasteiger partial charge in [-0.15, -0.1) is 0 Å². The first kappa shape index (κ1) is 16.8. The molecule has 3 heterocycles. The maximum atomic E-state index is 13.9. The van der Waals surface area contributed by atoms with Crippen LogP contribution in [-0.2, 0) is 16.6 Å². The van der Waals surface area contributed by atoms with Gasteiger partial charge in [-0.3, -0.25) is 4.79 Å². The van der Waals surface area contributed by atoms with Crippen molar-refractivity contribution in [1.29, 1.82) is 0 Å². The Bertz CT molecular complexity index is 1110. The van der Waals surface area contributed by atoms with Crippen LogP contribution in [0.2, 0.25) is 0 Å². The summed E-state index contributed by atoms with van der Waals surface area (Å²) in [7, 11) is 0. The van der Waals surface area contributed by atoms with Gasteiger partial charge in [0.25, 0.3) is 5.95 Å². The standard InChI is InChI=1S/C19H15FN6O/c1-19(2)12-9-22-18(24-16(12)23-17(19)27)26-10-15(21-3)14(25-26)8-11-6-4-5-7-13(11)20/h4-7,9-10H,8H2,1-2H3,(H,22,23,24,27). The van der Waals surface area contributed by atoms with Crippen LogP contribution >= 0.6 is 0 Å². The predicted molar refractivity (Wildman–Crippen MR) is 96.3 cm³/mol. The van der Waals surface area contributed by atoms with Crippen molar-refractivity contribution in [3.8, 4) is 5.95 Å².